The summed E-state index contributed by atoms with van der Waals surface area (Å²) in [7, 11) is 0. The predicted octanol–water partition coefficient (Wildman–Crippen LogP) is 18.5. The Bertz CT molecular complexity index is 5880. The van der Waals surface area contributed by atoms with Gasteiger partial charge in [0, 0.05) is 16.4 Å². The van der Waals surface area contributed by atoms with Crippen molar-refractivity contribution in [2.75, 3.05) is 0 Å². The highest BCUT2D eigenvalue weighted by Crippen LogP contribution is 2.44. The topological polar surface area (TPSA) is 55.4 Å². The summed E-state index contributed by atoms with van der Waals surface area (Å²) in [4.78, 5) is 0. The highest BCUT2D eigenvalue weighted by Gasteiger charge is 2.44. The van der Waals surface area contributed by atoms with E-state index in [9.17, 15) is 0 Å². The maximum Gasteiger partial charge on any atom is 0.260 e. The molecule has 6 heterocycles. The predicted molar refractivity (Wildman–Crippen MR) is 424 cm³/mol. The van der Waals surface area contributed by atoms with E-state index in [1.807, 2.05) is 30.3 Å². The van der Waals surface area contributed by atoms with Gasteiger partial charge in [0.15, 0.2) is 0 Å². The molecule has 486 valence electrons. The van der Waals surface area contributed by atoms with Gasteiger partial charge >= 0.3 is 0 Å². The molecule has 9 heteroatoms. The lowest BCUT2D eigenvalue weighted by Crippen LogP contribution is -2.57. The van der Waals surface area contributed by atoms with E-state index in [2.05, 4.69) is 319 Å². The van der Waals surface area contributed by atoms with Crippen molar-refractivity contribution in [1.82, 2.24) is 0 Å². The zero-order valence-corrected chi connectivity index (χ0v) is 57.3. The van der Waals surface area contributed by atoms with Gasteiger partial charge in [0.05, 0.1) is 0 Å². The number of hydrogen-bond acceptors (Lipinski definition) is 6. The van der Waals surface area contributed by atoms with E-state index in [0.29, 0.717) is 0 Å². The summed E-state index contributed by atoms with van der Waals surface area (Å²) >= 11 is 0. The van der Waals surface area contributed by atoms with Crippen LogP contribution in [0.5, 0.6) is 69.0 Å². The highest BCUT2D eigenvalue weighted by molar-refractivity contribution is 6.99. The lowest BCUT2D eigenvalue weighted by Gasteiger charge is -2.33. The molecule has 0 aromatic heterocycles. The molecule has 0 fully saturated rings. The van der Waals surface area contributed by atoms with Crippen LogP contribution in [0.2, 0.25) is 0 Å². The zero-order chi connectivity index (χ0) is 68.8. The van der Waals surface area contributed by atoms with Crippen molar-refractivity contribution in [3.05, 3.63) is 344 Å². The van der Waals surface area contributed by atoms with Crippen molar-refractivity contribution >= 4 is 69.3 Å². The second kappa shape index (κ2) is 25.2. The Kier molecular flexibility index (Phi) is 15.0. The summed E-state index contributed by atoms with van der Waals surface area (Å²) in [5.74, 6) is 10.7. The number of rotatable bonds is 6. The Balaban J connectivity index is 0.000000107. The van der Waals surface area contributed by atoms with E-state index >= 15 is 0 Å². The average Bonchev–Trinajstić information content (AvgIpc) is 0.734. The van der Waals surface area contributed by atoms with Crippen LogP contribution in [0.1, 0.15) is 22.3 Å². The van der Waals surface area contributed by atoms with Crippen molar-refractivity contribution in [3.63, 3.8) is 0 Å². The summed E-state index contributed by atoms with van der Waals surface area (Å²) in [5, 5.41) is 0. The third-order valence-corrected chi connectivity index (χ3v) is 21.2. The molecule has 6 aliphatic heterocycles. The van der Waals surface area contributed by atoms with Crippen LogP contribution < -0.4 is 77.6 Å². The number of para-hydroxylation sites is 3. The summed E-state index contributed by atoms with van der Waals surface area (Å²) in [6.07, 6.45) is 0. The Morgan fingerprint density at radius 2 is 0.408 bits per heavy atom. The van der Waals surface area contributed by atoms with Gasteiger partial charge in [-0.15, -0.1) is 0 Å². The largest absolute Gasteiger partial charge is 0.458 e. The highest BCUT2D eigenvalue weighted by atomic mass is 16.5. The molecule has 0 saturated heterocycles. The number of hydrogen-bond donors (Lipinski definition) is 0. The molecule has 103 heavy (non-hydrogen) atoms. The third kappa shape index (κ3) is 10.8. The summed E-state index contributed by atoms with van der Waals surface area (Å²) in [6.45, 7) is 8.79. The summed E-state index contributed by atoms with van der Waals surface area (Å²) in [6, 6.07) is 113. The van der Waals surface area contributed by atoms with Gasteiger partial charge in [0.25, 0.3) is 20.1 Å². The monoisotopic (exact) mass is 1320 g/mol. The van der Waals surface area contributed by atoms with Gasteiger partial charge in [-0.05, 0) is 222 Å². The zero-order valence-electron chi connectivity index (χ0n) is 57.3. The van der Waals surface area contributed by atoms with Crippen LogP contribution in [0.3, 0.4) is 0 Å². The van der Waals surface area contributed by atoms with Crippen molar-refractivity contribution in [1.29, 1.82) is 0 Å². The Hall–Kier alpha value is -12.7. The first-order valence-corrected chi connectivity index (χ1v) is 35.3. The van der Waals surface area contributed by atoms with E-state index in [1.54, 1.807) is 0 Å². The maximum atomic E-state index is 6.58. The molecule has 0 spiro atoms. The molecule has 0 bridgehead atoms. The molecular weight excluding hydrogens is 1260 g/mol. The van der Waals surface area contributed by atoms with E-state index < -0.39 is 0 Å². The number of aryl methyl sites for hydroxylation is 4. The Morgan fingerprint density at radius 1 is 0.165 bits per heavy atom. The molecular formula is C94H65B3O6. The fourth-order valence-electron chi connectivity index (χ4n) is 16.2. The third-order valence-electron chi connectivity index (χ3n) is 21.2. The molecule has 0 atom stereocenters. The van der Waals surface area contributed by atoms with Gasteiger partial charge in [-0.3, -0.25) is 0 Å². The van der Waals surface area contributed by atoms with Crippen molar-refractivity contribution in [2.45, 2.75) is 27.7 Å². The molecule has 0 saturated carbocycles. The van der Waals surface area contributed by atoms with Gasteiger partial charge in [0.2, 0.25) is 0 Å². The number of fused-ring (bicyclic) bond motifs is 12. The smallest absolute Gasteiger partial charge is 0.260 e. The molecule has 0 unspecified atom stereocenters. The van der Waals surface area contributed by atoms with E-state index in [0.717, 1.165) is 108 Å². The quantitative estimate of drug-likeness (QED) is 0.155. The van der Waals surface area contributed by atoms with Crippen LogP contribution in [0, 0.1) is 27.7 Å². The molecule has 21 rings (SSSR count). The molecule has 0 aliphatic carbocycles. The first-order valence-electron chi connectivity index (χ1n) is 35.3. The minimum Gasteiger partial charge on any atom is -0.458 e. The first kappa shape index (κ1) is 61.4. The molecule has 0 amide bonds. The SMILES string of the molecule is Cc1ccccc1-c1cc2c3c(c1)Oc1ccc(-c4ccccc4)cc1B3c1ccccc1O2.Cc1ccccc1-c1cc2c3c(c1)Oc1ccc(-c4ccccc4C)cc1B3c1ccccc1O2.Cc1ccccc1-c1ccc2c(c1)B1c3ccccc3Oc3cc(-c4ccccc4)cc(c31)O2. The number of benzene rings is 15. The van der Waals surface area contributed by atoms with E-state index in [-0.39, 0.29) is 20.1 Å². The maximum absolute atomic E-state index is 6.58. The Labute approximate surface area is 601 Å². The first-order chi connectivity index (χ1) is 50.7. The van der Waals surface area contributed by atoms with Crippen molar-refractivity contribution < 1.29 is 28.4 Å². The lowest BCUT2D eigenvalue weighted by atomic mass is 9.34. The second-order valence-electron chi connectivity index (χ2n) is 27.4. The van der Waals surface area contributed by atoms with E-state index in [1.165, 1.54) is 99.5 Å². The lowest BCUT2D eigenvalue weighted by molar-refractivity contribution is 0.464. The average molecular weight is 1320 g/mol. The van der Waals surface area contributed by atoms with Crippen LogP contribution in [0.15, 0.2) is 322 Å². The van der Waals surface area contributed by atoms with Gasteiger partial charge < -0.3 is 28.4 Å². The van der Waals surface area contributed by atoms with Gasteiger partial charge in [-0.1, -0.05) is 249 Å². The van der Waals surface area contributed by atoms with Gasteiger partial charge in [-0.25, -0.2) is 0 Å². The van der Waals surface area contributed by atoms with Crippen LogP contribution in [-0.2, 0) is 0 Å². The fraction of sp³-hybridized carbons (Fsp3) is 0.0426. The van der Waals surface area contributed by atoms with E-state index in [4.69, 9.17) is 28.4 Å². The van der Waals surface area contributed by atoms with Crippen molar-refractivity contribution in [3.8, 4) is 136 Å². The van der Waals surface area contributed by atoms with Crippen LogP contribution in [0.25, 0.3) is 66.8 Å². The molecule has 0 radical (unpaired) electrons. The minimum atomic E-state index is 0.0589. The molecule has 15 aromatic carbocycles. The van der Waals surface area contributed by atoms with Crippen LogP contribution in [-0.4, -0.2) is 20.1 Å². The normalized spacial score (nSPS) is 12.7. The summed E-state index contributed by atoms with van der Waals surface area (Å²) in [5.41, 5.74) is 29.5. The number of ether oxygens (including phenoxy) is 6. The second-order valence-corrected chi connectivity index (χ2v) is 27.4. The molecule has 6 nitrogen and oxygen atoms in total. The van der Waals surface area contributed by atoms with Crippen LogP contribution >= 0.6 is 0 Å². The molecule has 6 aliphatic rings. The summed E-state index contributed by atoms with van der Waals surface area (Å²) < 4.78 is 39.1. The fourth-order valence-corrected chi connectivity index (χ4v) is 16.2. The van der Waals surface area contributed by atoms with Crippen molar-refractivity contribution in [2.24, 2.45) is 0 Å². The van der Waals surface area contributed by atoms with Crippen LogP contribution in [0.4, 0.5) is 0 Å². The standard InChI is InChI=1S/C32H23BO2.2C31H21BO2/c1-20-9-3-5-11-24(20)22-15-16-29-27(17-22)33-26-13-7-8-14-28(26)34-30-18-23(19-31(35-29)32(30)33)25-12-6-4-10-21(25)2;1-20-9-5-6-12-24(20)22-15-16-28-26(17-22)32-25-13-7-8-14-27(25)33-29-18-23(19-30(34-28)31(29)32)21-10-3-2-4-11-21;1-20-9-5-6-12-24(20)23-18-29-31-30(19-23)34-28-16-15-22(21-10-3-2-4-11-21)17-26(28)32(31)25-13-7-8-14-27(25)33-29/h3-19H,1-2H3;2*2-19H,1H3. The molecule has 0 N–H and O–H groups in total. The van der Waals surface area contributed by atoms with Gasteiger partial charge in [-0.2, -0.15) is 0 Å². The van der Waals surface area contributed by atoms with Gasteiger partial charge in [0.1, 0.15) is 69.0 Å². The Morgan fingerprint density at radius 3 is 0.738 bits per heavy atom. The molecule has 15 aromatic rings. The minimum absolute atomic E-state index is 0.0589.